The van der Waals surface area contributed by atoms with Gasteiger partial charge in [0, 0.05) is 45.2 Å². The zero-order chi connectivity index (χ0) is 27.8. The molecule has 0 amide bonds. The summed E-state index contributed by atoms with van der Waals surface area (Å²) >= 11 is 9.79. The number of hydrogen-bond acceptors (Lipinski definition) is 6. The predicted octanol–water partition coefficient (Wildman–Crippen LogP) is 7.19. The molecule has 3 atom stereocenters. The molecule has 1 aliphatic carbocycles. The minimum atomic E-state index is -0.748. The summed E-state index contributed by atoms with van der Waals surface area (Å²) in [6.07, 6.45) is 1.52. The van der Waals surface area contributed by atoms with Crippen molar-refractivity contribution in [1.82, 2.24) is 0 Å². The zero-order valence-corrected chi connectivity index (χ0v) is 24.2. The van der Waals surface area contributed by atoms with Gasteiger partial charge in [-0.15, -0.1) is 0 Å². The summed E-state index contributed by atoms with van der Waals surface area (Å²) in [5, 5.41) is 0.652. The second kappa shape index (κ2) is 11.2. The van der Waals surface area contributed by atoms with Crippen LogP contribution in [0, 0.1) is 5.92 Å². The minimum absolute atomic E-state index is 0.0183. The van der Waals surface area contributed by atoms with E-state index >= 15 is 0 Å². The van der Waals surface area contributed by atoms with Gasteiger partial charge in [0.25, 0.3) is 0 Å². The Balaban J connectivity index is 1.36. The van der Waals surface area contributed by atoms with Gasteiger partial charge in [-0.05, 0) is 60.2 Å². The Bertz CT molecular complexity index is 1530. The van der Waals surface area contributed by atoms with Crippen LogP contribution >= 0.6 is 27.5 Å². The van der Waals surface area contributed by atoms with Gasteiger partial charge in [-0.25, -0.2) is 0 Å². The molecular weight excluding hydrogens is 594 g/mol. The summed E-state index contributed by atoms with van der Waals surface area (Å²) in [5.74, 6) is -0.554. The third-order valence-corrected chi connectivity index (χ3v) is 8.73. The number of rotatable bonds is 6. The van der Waals surface area contributed by atoms with Crippen LogP contribution in [0.1, 0.15) is 48.3 Å². The Kier molecular flexibility index (Phi) is 7.51. The van der Waals surface area contributed by atoms with Crippen molar-refractivity contribution in [2.75, 3.05) is 13.4 Å². The zero-order valence-electron chi connectivity index (χ0n) is 21.9. The third kappa shape index (κ3) is 5.20. The van der Waals surface area contributed by atoms with Gasteiger partial charge in [0.05, 0.1) is 6.61 Å². The monoisotopic (exact) mass is 619 g/mol. The SMILES string of the molecule is CC1=NC2=C(C(=O)CC(c3ccc(Cl)cc3)C2)C(c2cc3c(cc2Br)OCO3)C1C(=O)OCCc1ccccc1. The molecule has 0 N–H and O–H groups in total. The van der Waals surface area contributed by atoms with E-state index in [-0.39, 0.29) is 25.1 Å². The Morgan fingerprint density at radius 3 is 2.52 bits per heavy atom. The summed E-state index contributed by atoms with van der Waals surface area (Å²) in [4.78, 5) is 32.5. The van der Waals surface area contributed by atoms with Crippen LogP contribution in [0.2, 0.25) is 5.02 Å². The molecule has 2 aliphatic heterocycles. The normalized spacial score (nSPS) is 21.6. The first-order chi connectivity index (χ1) is 19.4. The van der Waals surface area contributed by atoms with E-state index in [4.69, 9.17) is 30.8 Å². The molecule has 0 bridgehead atoms. The highest BCUT2D eigenvalue weighted by atomic mass is 79.9. The standard InChI is InChI=1S/C32H27BrClNO5/c1-18-29(32(37)38-12-11-19-5-3-2-4-6-19)30(23-15-27-28(16-24(23)33)40-17-39-27)31-25(35-18)13-21(14-26(31)36)20-7-9-22(34)10-8-20/h2-10,15-16,21,29-30H,11-14,17H2,1H3. The van der Waals surface area contributed by atoms with Crippen molar-refractivity contribution < 1.29 is 23.8 Å². The van der Waals surface area contributed by atoms with Gasteiger partial charge in [0.2, 0.25) is 6.79 Å². The molecule has 2 heterocycles. The highest BCUT2D eigenvalue weighted by Crippen LogP contribution is 2.50. The molecule has 0 saturated heterocycles. The number of allylic oxidation sites excluding steroid dienone is 2. The Morgan fingerprint density at radius 1 is 1.05 bits per heavy atom. The number of carbonyl (C=O) groups excluding carboxylic acids is 2. The number of halogens is 2. The summed E-state index contributed by atoms with van der Waals surface area (Å²) in [7, 11) is 0. The first kappa shape index (κ1) is 26.8. The lowest BCUT2D eigenvalue weighted by molar-refractivity contribution is -0.146. The first-order valence-corrected chi connectivity index (χ1v) is 14.4. The van der Waals surface area contributed by atoms with Gasteiger partial charge in [0.15, 0.2) is 17.3 Å². The molecule has 6 nitrogen and oxygen atoms in total. The fourth-order valence-electron chi connectivity index (χ4n) is 5.85. The van der Waals surface area contributed by atoms with Gasteiger partial charge >= 0.3 is 5.97 Å². The fraction of sp³-hybridized carbons (Fsp3) is 0.281. The van der Waals surface area contributed by atoms with E-state index in [2.05, 4.69) is 15.9 Å². The molecule has 0 fully saturated rings. The average molecular weight is 621 g/mol. The van der Waals surface area contributed by atoms with Crippen LogP contribution in [0.4, 0.5) is 0 Å². The molecule has 6 rings (SSSR count). The van der Waals surface area contributed by atoms with Crippen LogP contribution in [-0.4, -0.2) is 30.9 Å². The topological polar surface area (TPSA) is 74.2 Å². The number of carbonyl (C=O) groups is 2. The van der Waals surface area contributed by atoms with E-state index in [1.165, 1.54) is 0 Å². The largest absolute Gasteiger partial charge is 0.465 e. The predicted molar refractivity (Wildman–Crippen MR) is 156 cm³/mol. The average Bonchev–Trinajstić information content (AvgIpc) is 3.40. The van der Waals surface area contributed by atoms with Crippen molar-refractivity contribution in [1.29, 1.82) is 0 Å². The lowest BCUT2D eigenvalue weighted by Gasteiger charge is -2.37. The molecule has 0 aromatic heterocycles. The van der Waals surface area contributed by atoms with Crippen molar-refractivity contribution in [3.63, 3.8) is 0 Å². The van der Waals surface area contributed by atoms with Crippen molar-refractivity contribution in [3.8, 4) is 11.5 Å². The van der Waals surface area contributed by atoms with E-state index in [1.807, 2.05) is 73.7 Å². The molecule has 3 aromatic rings. The molecule has 0 saturated carbocycles. The first-order valence-electron chi connectivity index (χ1n) is 13.3. The third-order valence-electron chi connectivity index (χ3n) is 7.79. The highest BCUT2D eigenvalue weighted by Gasteiger charge is 2.46. The number of benzene rings is 3. The maximum absolute atomic E-state index is 13.9. The highest BCUT2D eigenvalue weighted by molar-refractivity contribution is 9.10. The number of ketones is 1. The van der Waals surface area contributed by atoms with Crippen LogP contribution in [-0.2, 0) is 20.7 Å². The number of Topliss-reactive ketones (excluding diaryl/α,β-unsaturated/α-hetero) is 1. The lowest BCUT2D eigenvalue weighted by atomic mass is 9.69. The summed E-state index contributed by atoms with van der Waals surface area (Å²) in [6, 6.07) is 21.2. The van der Waals surface area contributed by atoms with Gasteiger partial charge in [-0.2, -0.15) is 0 Å². The van der Waals surface area contributed by atoms with Crippen molar-refractivity contribution >= 4 is 45.0 Å². The Hall–Kier alpha value is -3.42. The molecule has 3 aromatic carbocycles. The number of ether oxygens (including phenoxy) is 3. The molecule has 0 radical (unpaired) electrons. The molecule has 3 unspecified atom stereocenters. The number of hydrogen-bond donors (Lipinski definition) is 0. The van der Waals surface area contributed by atoms with Crippen LogP contribution < -0.4 is 9.47 Å². The molecule has 204 valence electrons. The quantitative estimate of drug-likeness (QED) is 0.273. The maximum Gasteiger partial charge on any atom is 0.315 e. The van der Waals surface area contributed by atoms with E-state index in [9.17, 15) is 9.59 Å². The van der Waals surface area contributed by atoms with Crippen LogP contribution in [0.5, 0.6) is 11.5 Å². The van der Waals surface area contributed by atoms with E-state index in [0.717, 1.165) is 26.9 Å². The molecule has 3 aliphatic rings. The second-order valence-electron chi connectivity index (χ2n) is 10.3. The van der Waals surface area contributed by atoms with Gasteiger partial charge in [0.1, 0.15) is 5.92 Å². The van der Waals surface area contributed by atoms with Gasteiger partial charge in [-0.1, -0.05) is 70.0 Å². The van der Waals surface area contributed by atoms with Crippen molar-refractivity contribution in [2.24, 2.45) is 10.9 Å². The number of aliphatic imine (C=N–C) groups is 1. The lowest BCUT2D eigenvalue weighted by Crippen LogP contribution is -2.38. The van der Waals surface area contributed by atoms with E-state index < -0.39 is 17.8 Å². The second-order valence-corrected chi connectivity index (χ2v) is 11.6. The van der Waals surface area contributed by atoms with Crippen LogP contribution in [0.15, 0.2) is 87.5 Å². The van der Waals surface area contributed by atoms with E-state index in [0.29, 0.717) is 47.1 Å². The van der Waals surface area contributed by atoms with Crippen molar-refractivity contribution in [2.45, 2.75) is 38.0 Å². The summed E-state index contributed by atoms with van der Waals surface area (Å²) in [5.41, 5.74) is 4.81. The molecular formula is C32H27BrClNO5. The number of nitrogens with zero attached hydrogens (tertiary/aromatic N) is 1. The van der Waals surface area contributed by atoms with Crippen LogP contribution in [0.25, 0.3) is 0 Å². The smallest absolute Gasteiger partial charge is 0.315 e. The number of fused-ring (bicyclic) bond motifs is 1. The molecule has 0 spiro atoms. The van der Waals surface area contributed by atoms with Gasteiger partial charge in [-0.3, -0.25) is 14.6 Å². The van der Waals surface area contributed by atoms with E-state index in [1.54, 1.807) is 0 Å². The molecule has 8 heteroatoms. The number of esters is 1. The van der Waals surface area contributed by atoms with Crippen molar-refractivity contribution in [3.05, 3.63) is 104 Å². The van der Waals surface area contributed by atoms with Gasteiger partial charge < -0.3 is 14.2 Å². The maximum atomic E-state index is 13.9. The molecule has 40 heavy (non-hydrogen) atoms. The summed E-state index contributed by atoms with van der Waals surface area (Å²) in [6.45, 7) is 2.20. The van der Waals surface area contributed by atoms with Crippen LogP contribution in [0.3, 0.4) is 0 Å². The summed E-state index contributed by atoms with van der Waals surface area (Å²) < 4.78 is 17.8. The minimum Gasteiger partial charge on any atom is -0.465 e. The Labute approximate surface area is 246 Å². The Morgan fingerprint density at radius 2 is 1.77 bits per heavy atom. The fourth-order valence-corrected chi connectivity index (χ4v) is 6.54.